The van der Waals surface area contributed by atoms with E-state index >= 15 is 0 Å². The van der Waals surface area contributed by atoms with Gasteiger partial charge in [-0.15, -0.1) is 0 Å². The quantitative estimate of drug-likeness (QED) is 0.482. The summed E-state index contributed by atoms with van der Waals surface area (Å²) in [7, 11) is 1.18. The number of nitrogens with zero attached hydrogens (tertiary/aromatic N) is 1. The fourth-order valence-corrected chi connectivity index (χ4v) is 2.94. The van der Waals surface area contributed by atoms with Crippen LogP contribution in [0, 0.1) is 17.0 Å². The van der Waals surface area contributed by atoms with Crippen LogP contribution < -0.4 is 16.0 Å². The number of methoxy groups -OCH3 is 1. The number of rotatable bonds is 3. The fourth-order valence-electron chi connectivity index (χ4n) is 2.94. The minimum absolute atomic E-state index is 0.0387. The topological polar surface area (TPSA) is 138 Å². The van der Waals surface area contributed by atoms with E-state index in [1.165, 1.54) is 31.4 Å². The van der Waals surface area contributed by atoms with Crippen LogP contribution in [0.1, 0.15) is 22.7 Å². The molecule has 1 aromatic heterocycles. The van der Waals surface area contributed by atoms with Gasteiger partial charge in [-0.25, -0.2) is 4.79 Å². The third-order valence-corrected chi connectivity index (χ3v) is 4.07. The molecule has 9 nitrogen and oxygen atoms in total. The number of nitrogens with one attached hydrogen (secondary N) is 1. The number of esters is 1. The van der Waals surface area contributed by atoms with Gasteiger partial charge in [-0.1, -0.05) is 12.1 Å². The lowest BCUT2D eigenvalue weighted by atomic mass is 9.83. The second kappa shape index (κ2) is 6.36. The Kier molecular flexibility index (Phi) is 4.21. The molecule has 1 aliphatic heterocycles. The van der Waals surface area contributed by atoms with Gasteiger partial charge in [0.15, 0.2) is 0 Å². The lowest BCUT2D eigenvalue weighted by molar-refractivity contribution is -0.384. The number of non-ortho nitro benzene ring substituents is 1. The molecule has 1 aliphatic rings. The van der Waals surface area contributed by atoms with Crippen LogP contribution in [0.3, 0.4) is 0 Å². The van der Waals surface area contributed by atoms with Crippen LogP contribution in [0.15, 0.2) is 46.6 Å². The highest BCUT2D eigenvalue weighted by Gasteiger charge is 2.37. The SMILES string of the molecule is COC(=O)C1=C(N)Oc2cc(C)[nH]c(=O)c2[C@@H]1c1ccc([N+](=O)[O-])cc1. The molecular weight excluding hydrogens is 342 g/mol. The van der Waals surface area contributed by atoms with Crippen molar-refractivity contribution in [2.45, 2.75) is 12.8 Å². The Morgan fingerprint density at radius 3 is 2.58 bits per heavy atom. The Bertz CT molecular complexity index is 991. The van der Waals surface area contributed by atoms with Crippen molar-refractivity contribution in [2.75, 3.05) is 7.11 Å². The number of aromatic amines is 1. The number of hydrogen-bond donors (Lipinski definition) is 2. The zero-order valence-electron chi connectivity index (χ0n) is 13.9. The summed E-state index contributed by atoms with van der Waals surface area (Å²) < 4.78 is 10.2. The number of ether oxygens (including phenoxy) is 2. The van der Waals surface area contributed by atoms with Crippen molar-refractivity contribution in [1.82, 2.24) is 4.98 Å². The van der Waals surface area contributed by atoms with Gasteiger partial charge in [0.2, 0.25) is 5.88 Å². The normalized spacial score (nSPS) is 15.8. The smallest absolute Gasteiger partial charge is 0.340 e. The predicted octanol–water partition coefficient (Wildman–Crippen LogP) is 1.46. The number of nitro groups is 1. The minimum atomic E-state index is -0.878. The molecule has 2 aromatic rings. The molecule has 0 unspecified atom stereocenters. The maximum absolute atomic E-state index is 12.5. The number of carbonyl (C=O) groups excluding carboxylic acids is 1. The van der Waals surface area contributed by atoms with Crippen LogP contribution in [0.5, 0.6) is 5.75 Å². The van der Waals surface area contributed by atoms with Crippen molar-refractivity contribution in [3.8, 4) is 5.75 Å². The largest absolute Gasteiger partial charge is 0.465 e. The van der Waals surface area contributed by atoms with Gasteiger partial charge in [-0.2, -0.15) is 0 Å². The Labute approximate surface area is 147 Å². The second-order valence-corrected chi connectivity index (χ2v) is 5.71. The van der Waals surface area contributed by atoms with Crippen molar-refractivity contribution in [3.05, 3.63) is 79.1 Å². The number of H-pyrrole nitrogens is 1. The van der Waals surface area contributed by atoms with E-state index in [1.54, 1.807) is 13.0 Å². The van der Waals surface area contributed by atoms with E-state index in [1.807, 2.05) is 0 Å². The summed E-state index contributed by atoms with van der Waals surface area (Å²) in [4.78, 5) is 37.8. The van der Waals surface area contributed by atoms with E-state index in [-0.39, 0.29) is 28.5 Å². The summed E-state index contributed by atoms with van der Waals surface area (Å²) >= 11 is 0. The van der Waals surface area contributed by atoms with Gasteiger partial charge in [-0.3, -0.25) is 14.9 Å². The molecule has 0 radical (unpaired) electrons. The molecule has 0 amide bonds. The maximum Gasteiger partial charge on any atom is 0.340 e. The van der Waals surface area contributed by atoms with E-state index in [2.05, 4.69) is 4.98 Å². The zero-order chi connectivity index (χ0) is 19.0. The van der Waals surface area contributed by atoms with Gasteiger partial charge in [0.1, 0.15) is 11.3 Å². The first-order chi connectivity index (χ1) is 12.3. The molecule has 26 heavy (non-hydrogen) atoms. The Hall–Kier alpha value is -3.62. The molecule has 1 atom stereocenters. The fraction of sp³-hybridized carbons (Fsp3) is 0.176. The van der Waals surface area contributed by atoms with Gasteiger partial charge in [0, 0.05) is 23.9 Å². The average molecular weight is 357 g/mol. The third kappa shape index (κ3) is 2.79. The highest BCUT2D eigenvalue weighted by molar-refractivity contribution is 5.92. The molecule has 134 valence electrons. The Morgan fingerprint density at radius 2 is 2.00 bits per heavy atom. The third-order valence-electron chi connectivity index (χ3n) is 4.07. The molecule has 1 aromatic carbocycles. The number of pyridine rings is 1. The zero-order valence-corrected chi connectivity index (χ0v) is 13.9. The van der Waals surface area contributed by atoms with Crippen LogP contribution in [-0.4, -0.2) is 23.0 Å². The summed E-state index contributed by atoms with van der Waals surface area (Å²) in [5.74, 6) is -1.59. The van der Waals surface area contributed by atoms with Crippen LogP contribution in [0.2, 0.25) is 0 Å². The number of nitro benzene ring substituents is 1. The summed E-state index contributed by atoms with van der Waals surface area (Å²) in [6, 6.07) is 7.10. The summed E-state index contributed by atoms with van der Waals surface area (Å²) in [6.07, 6.45) is 0. The molecule has 3 rings (SSSR count). The molecule has 0 saturated carbocycles. The van der Waals surface area contributed by atoms with Crippen LogP contribution >= 0.6 is 0 Å². The molecule has 0 bridgehead atoms. The van der Waals surface area contributed by atoms with E-state index < -0.39 is 22.4 Å². The number of aromatic nitrogens is 1. The summed E-state index contributed by atoms with van der Waals surface area (Å²) in [6.45, 7) is 1.68. The molecule has 0 saturated heterocycles. The van der Waals surface area contributed by atoms with Crippen molar-refractivity contribution in [3.63, 3.8) is 0 Å². The van der Waals surface area contributed by atoms with Gasteiger partial charge >= 0.3 is 5.97 Å². The first-order valence-electron chi connectivity index (χ1n) is 7.57. The van der Waals surface area contributed by atoms with E-state index in [4.69, 9.17) is 15.2 Å². The van der Waals surface area contributed by atoms with E-state index in [0.29, 0.717) is 11.3 Å². The van der Waals surface area contributed by atoms with E-state index in [9.17, 15) is 19.7 Å². The minimum Gasteiger partial charge on any atom is -0.465 e. The number of nitrogens with two attached hydrogens (primary N) is 1. The van der Waals surface area contributed by atoms with Crippen molar-refractivity contribution in [1.29, 1.82) is 0 Å². The summed E-state index contributed by atoms with van der Waals surface area (Å²) in [5, 5.41) is 10.9. The Morgan fingerprint density at radius 1 is 1.35 bits per heavy atom. The van der Waals surface area contributed by atoms with Crippen molar-refractivity contribution < 1.29 is 19.2 Å². The van der Waals surface area contributed by atoms with Crippen molar-refractivity contribution in [2.24, 2.45) is 5.73 Å². The average Bonchev–Trinajstić information content (AvgIpc) is 2.59. The molecular formula is C17H15N3O6. The lowest BCUT2D eigenvalue weighted by Crippen LogP contribution is -2.31. The predicted molar refractivity (Wildman–Crippen MR) is 90.6 cm³/mol. The van der Waals surface area contributed by atoms with Gasteiger partial charge in [0.05, 0.1) is 23.5 Å². The maximum atomic E-state index is 12.5. The van der Waals surface area contributed by atoms with Gasteiger partial charge in [-0.05, 0) is 12.5 Å². The first kappa shape index (κ1) is 17.2. The molecule has 2 heterocycles. The van der Waals surface area contributed by atoms with Gasteiger partial charge in [0.25, 0.3) is 11.2 Å². The highest BCUT2D eigenvalue weighted by atomic mass is 16.6. The standard InChI is InChI=1S/C17H15N3O6/c1-8-7-11-13(16(21)19-8)12(14(15(18)26-11)17(22)25-2)9-3-5-10(6-4-9)20(23)24/h3-7,12H,18H2,1-2H3,(H,19,21)/t12-/m0/s1. The number of carbonyl (C=O) groups is 1. The Balaban J connectivity index is 2.26. The monoisotopic (exact) mass is 357 g/mol. The molecule has 0 aliphatic carbocycles. The second-order valence-electron chi connectivity index (χ2n) is 5.71. The number of aryl methyl sites for hydroxylation is 1. The molecule has 3 N–H and O–H groups in total. The van der Waals surface area contributed by atoms with Crippen LogP contribution in [-0.2, 0) is 9.53 Å². The highest BCUT2D eigenvalue weighted by Crippen LogP contribution is 2.41. The summed E-state index contributed by atoms with van der Waals surface area (Å²) in [5.41, 5.74) is 6.52. The molecule has 0 spiro atoms. The molecule has 9 heteroatoms. The van der Waals surface area contributed by atoms with E-state index in [0.717, 1.165) is 0 Å². The van der Waals surface area contributed by atoms with Crippen molar-refractivity contribution >= 4 is 11.7 Å². The van der Waals surface area contributed by atoms with Crippen LogP contribution in [0.4, 0.5) is 5.69 Å². The lowest BCUT2D eigenvalue weighted by Gasteiger charge is -2.27. The first-order valence-corrected chi connectivity index (χ1v) is 7.57. The van der Waals surface area contributed by atoms with Gasteiger partial charge < -0.3 is 20.2 Å². The van der Waals surface area contributed by atoms with Crippen LogP contribution in [0.25, 0.3) is 0 Å². The molecule has 0 fully saturated rings. The number of benzene rings is 1. The number of hydrogen-bond acceptors (Lipinski definition) is 7. The number of fused-ring (bicyclic) bond motifs is 1.